The Labute approximate surface area is 117 Å². The van der Waals surface area contributed by atoms with Crippen molar-refractivity contribution in [2.24, 2.45) is 0 Å². The Kier molecular flexibility index (Phi) is 4.55. The molecule has 1 aromatic carbocycles. The first-order valence-electron chi connectivity index (χ1n) is 6.41. The molecule has 0 unspecified atom stereocenters. The minimum Gasteiger partial charge on any atom is -0.462 e. The summed E-state index contributed by atoms with van der Waals surface area (Å²) in [7, 11) is 0. The summed E-state index contributed by atoms with van der Waals surface area (Å²) < 4.78 is 5.03. The number of esters is 1. The Morgan fingerprint density at radius 3 is 2.85 bits per heavy atom. The molecule has 2 aromatic rings. The van der Waals surface area contributed by atoms with E-state index >= 15 is 0 Å². The van der Waals surface area contributed by atoms with Gasteiger partial charge in [-0.15, -0.1) is 0 Å². The minimum absolute atomic E-state index is 0.327. The summed E-state index contributed by atoms with van der Waals surface area (Å²) in [5, 5.41) is 3.15. The third kappa shape index (κ3) is 3.26. The fourth-order valence-electron chi connectivity index (χ4n) is 1.83. The number of pyridine rings is 1. The number of nitrogens with one attached hydrogen (secondary N) is 1. The van der Waals surface area contributed by atoms with Crippen molar-refractivity contribution in [3.8, 4) is 0 Å². The quantitative estimate of drug-likeness (QED) is 0.645. The molecule has 0 fully saturated rings. The highest BCUT2D eigenvalue weighted by Gasteiger charge is 2.14. The van der Waals surface area contributed by atoms with Gasteiger partial charge in [0.1, 0.15) is 0 Å². The maximum absolute atomic E-state index is 11.9. The molecule has 0 atom stereocenters. The molecule has 0 amide bonds. The molecule has 0 bridgehead atoms. The number of rotatable bonds is 5. The maximum Gasteiger partial charge on any atom is 0.340 e. The predicted octanol–water partition coefficient (Wildman–Crippen LogP) is 2.45. The molecule has 1 heterocycles. The number of nitrogens with two attached hydrogens (primary N) is 1. The van der Waals surface area contributed by atoms with Crippen molar-refractivity contribution in [1.29, 1.82) is 0 Å². The summed E-state index contributed by atoms with van der Waals surface area (Å²) in [6.45, 7) is 2.58. The Balaban J connectivity index is 2.20. The number of carbonyl (C=O) groups excluding carboxylic acids is 1. The molecule has 1 aromatic heterocycles. The molecule has 0 saturated heterocycles. The fourth-order valence-corrected chi connectivity index (χ4v) is 1.83. The zero-order valence-corrected chi connectivity index (χ0v) is 11.3. The van der Waals surface area contributed by atoms with Crippen LogP contribution in [-0.4, -0.2) is 17.6 Å². The molecular weight excluding hydrogens is 254 g/mol. The summed E-state index contributed by atoms with van der Waals surface area (Å²) in [6, 6.07) is 10.8. The summed E-state index contributed by atoms with van der Waals surface area (Å²) >= 11 is 0. The first kappa shape index (κ1) is 13.9. The van der Waals surface area contributed by atoms with Crippen LogP contribution in [0.4, 0.5) is 11.4 Å². The van der Waals surface area contributed by atoms with Crippen LogP contribution in [0.25, 0.3) is 0 Å². The van der Waals surface area contributed by atoms with Crippen molar-refractivity contribution in [2.45, 2.75) is 13.5 Å². The van der Waals surface area contributed by atoms with Crippen molar-refractivity contribution in [2.75, 3.05) is 17.7 Å². The zero-order valence-electron chi connectivity index (χ0n) is 11.3. The molecule has 0 saturated carbocycles. The largest absolute Gasteiger partial charge is 0.462 e. The number of nitrogen functional groups attached to an aromatic ring is 1. The number of aromatic nitrogens is 1. The number of hydrogen-bond donors (Lipinski definition) is 2. The summed E-state index contributed by atoms with van der Waals surface area (Å²) in [5.41, 5.74) is 8.31. The number of nitrogens with zero attached hydrogens (tertiary/aromatic N) is 1. The van der Waals surface area contributed by atoms with Gasteiger partial charge in [0.25, 0.3) is 0 Å². The second kappa shape index (κ2) is 6.56. The van der Waals surface area contributed by atoms with Crippen LogP contribution in [0.1, 0.15) is 23.0 Å². The van der Waals surface area contributed by atoms with E-state index in [1.807, 2.05) is 18.2 Å². The smallest absolute Gasteiger partial charge is 0.340 e. The first-order valence-corrected chi connectivity index (χ1v) is 6.41. The van der Waals surface area contributed by atoms with E-state index in [0.717, 1.165) is 5.69 Å². The van der Waals surface area contributed by atoms with Gasteiger partial charge in [0.2, 0.25) is 0 Å². The standard InChI is InChI=1S/C15H17N3O2/c1-2-20-15(19)12-7-5-8-13(16)14(12)18-10-11-6-3-4-9-17-11/h3-9,18H,2,10,16H2,1H3. The Morgan fingerprint density at radius 1 is 1.30 bits per heavy atom. The number of ether oxygens (including phenoxy) is 1. The third-order valence-electron chi connectivity index (χ3n) is 2.76. The van der Waals surface area contributed by atoms with Gasteiger partial charge in [-0.1, -0.05) is 12.1 Å². The lowest BCUT2D eigenvalue weighted by Crippen LogP contribution is -2.12. The van der Waals surface area contributed by atoms with E-state index in [1.165, 1.54) is 0 Å². The number of anilines is 2. The van der Waals surface area contributed by atoms with Crippen LogP contribution in [-0.2, 0) is 11.3 Å². The highest BCUT2D eigenvalue weighted by atomic mass is 16.5. The van der Waals surface area contributed by atoms with Crippen LogP contribution in [0.5, 0.6) is 0 Å². The number of benzene rings is 1. The Bertz CT molecular complexity index is 585. The molecule has 5 nitrogen and oxygen atoms in total. The van der Waals surface area contributed by atoms with Gasteiger partial charge in [-0.25, -0.2) is 4.79 Å². The van der Waals surface area contributed by atoms with Gasteiger partial charge in [-0.05, 0) is 31.2 Å². The summed E-state index contributed by atoms with van der Waals surface area (Å²) in [6.07, 6.45) is 1.72. The normalized spacial score (nSPS) is 10.1. The van der Waals surface area contributed by atoms with Crippen molar-refractivity contribution < 1.29 is 9.53 Å². The average Bonchev–Trinajstić information content (AvgIpc) is 2.47. The van der Waals surface area contributed by atoms with Gasteiger partial charge in [0.05, 0.1) is 35.8 Å². The lowest BCUT2D eigenvalue weighted by molar-refractivity contribution is 0.0527. The van der Waals surface area contributed by atoms with Crippen LogP contribution in [0.15, 0.2) is 42.6 Å². The second-order valence-corrected chi connectivity index (χ2v) is 4.16. The van der Waals surface area contributed by atoms with E-state index in [1.54, 1.807) is 31.3 Å². The molecular formula is C15H17N3O2. The predicted molar refractivity (Wildman–Crippen MR) is 78.4 cm³/mol. The van der Waals surface area contributed by atoms with Gasteiger partial charge >= 0.3 is 5.97 Å². The van der Waals surface area contributed by atoms with E-state index < -0.39 is 0 Å². The van der Waals surface area contributed by atoms with Crippen molar-refractivity contribution in [3.63, 3.8) is 0 Å². The molecule has 3 N–H and O–H groups in total. The lowest BCUT2D eigenvalue weighted by Gasteiger charge is -2.13. The fraction of sp³-hybridized carbons (Fsp3) is 0.200. The molecule has 0 radical (unpaired) electrons. The maximum atomic E-state index is 11.9. The van der Waals surface area contributed by atoms with Gasteiger partial charge in [0.15, 0.2) is 0 Å². The van der Waals surface area contributed by atoms with Crippen LogP contribution < -0.4 is 11.1 Å². The van der Waals surface area contributed by atoms with Gasteiger partial charge in [-0.2, -0.15) is 0 Å². The van der Waals surface area contributed by atoms with E-state index in [9.17, 15) is 4.79 Å². The lowest BCUT2D eigenvalue weighted by atomic mass is 10.1. The number of carbonyl (C=O) groups is 1. The molecule has 0 aliphatic carbocycles. The van der Waals surface area contributed by atoms with Crippen LogP contribution in [0.2, 0.25) is 0 Å². The molecule has 2 rings (SSSR count). The second-order valence-electron chi connectivity index (χ2n) is 4.16. The summed E-state index contributed by atoms with van der Waals surface area (Å²) in [5.74, 6) is -0.386. The molecule has 104 valence electrons. The minimum atomic E-state index is -0.386. The zero-order chi connectivity index (χ0) is 14.4. The Morgan fingerprint density at radius 2 is 2.15 bits per heavy atom. The molecule has 20 heavy (non-hydrogen) atoms. The van der Waals surface area contributed by atoms with E-state index in [-0.39, 0.29) is 5.97 Å². The monoisotopic (exact) mass is 271 g/mol. The van der Waals surface area contributed by atoms with E-state index in [2.05, 4.69) is 10.3 Å². The Hall–Kier alpha value is -2.56. The van der Waals surface area contributed by atoms with Crippen molar-refractivity contribution >= 4 is 17.3 Å². The highest BCUT2D eigenvalue weighted by molar-refractivity contribution is 5.98. The number of hydrogen-bond acceptors (Lipinski definition) is 5. The molecule has 0 spiro atoms. The van der Waals surface area contributed by atoms with Crippen LogP contribution in [0, 0.1) is 0 Å². The molecule has 5 heteroatoms. The van der Waals surface area contributed by atoms with Crippen molar-refractivity contribution in [1.82, 2.24) is 4.98 Å². The van der Waals surface area contributed by atoms with Crippen molar-refractivity contribution in [3.05, 3.63) is 53.9 Å². The van der Waals surface area contributed by atoms with Crippen LogP contribution >= 0.6 is 0 Å². The van der Waals surface area contributed by atoms with Gasteiger partial charge < -0.3 is 15.8 Å². The van der Waals surface area contributed by atoms with E-state index in [0.29, 0.717) is 30.1 Å². The van der Waals surface area contributed by atoms with Gasteiger partial charge in [-0.3, -0.25) is 4.98 Å². The topological polar surface area (TPSA) is 77.2 Å². The number of para-hydroxylation sites is 1. The molecule has 0 aliphatic heterocycles. The van der Waals surface area contributed by atoms with Crippen LogP contribution in [0.3, 0.4) is 0 Å². The first-order chi connectivity index (χ1) is 9.72. The van der Waals surface area contributed by atoms with Gasteiger partial charge in [0, 0.05) is 6.20 Å². The third-order valence-corrected chi connectivity index (χ3v) is 2.76. The summed E-state index contributed by atoms with van der Waals surface area (Å²) in [4.78, 5) is 16.1. The average molecular weight is 271 g/mol. The molecule has 0 aliphatic rings. The van der Waals surface area contributed by atoms with E-state index in [4.69, 9.17) is 10.5 Å². The SMILES string of the molecule is CCOC(=O)c1cccc(N)c1NCc1ccccn1. The highest BCUT2D eigenvalue weighted by Crippen LogP contribution is 2.24.